The van der Waals surface area contributed by atoms with Gasteiger partial charge in [-0.2, -0.15) is 0 Å². The molecule has 0 spiro atoms. The number of hydrogen-bond donors (Lipinski definition) is 0. The van der Waals surface area contributed by atoms with Crippen LogP contribution < -0.4 is 0 Å². The molecule has 0 saturated carbocycles. The van der Waals surface area contributed by atoms with Gasteiger partial charge in [-0.3, -0.25) is 9.13 Å². The van der Waals surface area contributed by atoms with Crippen LogP contribution in [0.2, 0.25) is 0 Å². The van der Waals surface area contributed by atoms with Gasteiger partial charge in [0.15, 0.2) is 5.40 Å². The molecule has 0 rings (SSSR count). The molecule has 0 heterocycles. The largest absolute Gasteiger partial charge is 0.346 e. The average Bonchev–Trinajstić information content (AvgIpc) is 2.46. The molecule has 0 N–H and O–H groups in total. The Bertz CT molecular complexity index is 445. The van der Waals surface area contributed by atoms with E-state index < -0.39 is 20.6 Å². The SMILES string of the molecule is CC(C)OP(=O)(OC(C)C)C(CCCCCCBr)P(=O)(OC(C)C)OC(C)C. The van der Waals surface area contributed by atoms with Gasteiger partial charge in [0.1, 0.15) is 0 Å². The predicted molar refractivity (Wildman–Crippen MR) is 121 cm³/mol. The van der Waals surface area contributed by atoms with Gasteiger partial charge in [-0.15, -0.1) is 0 Å². The van der Waals surface area contributed by atoms with Crippen LogP contribution >= 0.6 is 31.1 Å². The van der Waals surface area contributed by atoms with Crippen LogP contribution in [0.25, 0.3) is 0 Å². The third-order valence-electron chi connectivity index (χ3n) is 3.51. The monoisotopic (exact) mass is 506 g/mol. The molecule has 0 atom stereocenters. The van der Waals surface area contributed by atoms with Gasteiger partial charge in [-0.05, 0) is 68.2 Å². The molecule has 0 aromatic carbocycles. The Morgan fingerprint density at radius 2 is 0.929 bits per heavy atom. The van der Waals surface area contributed by atoms with Crippen molar-refractivity contribution in [1.82, 2.24) is 0 Å². The number of unbranched alkanes of at least 4 members (excludes halogenated alkanes) is 3. The maximum absolute atomic E-state index is 13.9. The lowest BCUT2D eigenvalue weighted by Gasteiger charge is -2.35. The van der Waals surface area contributed by atoms with Crippen LogP contribution in [-0.2, 0) is 27.2 Å². The second-order valence-corrected chi connectivity index (χ2v) is 13.5. The van der Waals surface area contributed by atoms with Gasteiger partial charge in [0.25, 0.3) is 0 Å². The Morgan fingerprint density at radius 1 is 0.607 bits per heavy atom. The maximum atomic E-state index is 13.9. The van der Waals surface area contributed by atoms with E-state index in [0.717, 1.165) is 31.0 Å². The Labute approximate surface area is 181 Å². The molecule has 0 bridgehead atoms. The van der Waals surface area contributed by atoms with Gasteiger partial charge in [-0.1, -0.05) is 35.2 Å². The van der Waals surface area contributed by atoms with Crippen molar-refractivity contribution in [3.63, 3.8) is 0 Å². The summed E-state index contributed by atoms with van der Waals surface area (Å²) in [5.41, 5.74) is 0. The van der Waals surface area contributed by atoms with E-state index in [2.05, 4.69) is 15.9 Å². The number of hydrogen-bond acceptors (Lipinski definition) is 6. The summed E-state index contributed by atoms with van der Waals surface area (Å²) in [6, 6.07) is 0. The van der Waals surface area contributed by atoms with Crippen LogP contribution in [0.1, 0.15) is 87.5 Å². The molecular weight excluding hydrogens is 466 g/mol. The number of rotatable bonds is 16. The first-order chi connectivity index (χ1) is 12.9. The molecule has 28 heavy (non-hydrogen) atoms. The van der Waals surface area contributed by atoms with Crippen molar-refractivity contribution in [2.45, 2.75) is 117 Å². The first-order valence-corrected chi connectivity index (χ1v) is 14.7. The summed E-state index contributed by atoms with van der Waals surface area (Å²) in [5.74, 6) is 0. The summed E-state index contributed by atoms with van der Waals surface area (Å²) >= 11 is 3.43. The van der Waals surface area contributed by atoms with Crippen molar-refractivity contribution in [3.8, 4) is 0 Å². The van der Waals surface area contributed by atoms with E-state index in [4.69, 9.17) is 18.1 Å². The van der Waals surface area contributed by atoms with E-state index >= 15 is 0 Å². The van der Waals surface area contributed by atoms with Crippen molar-refractivity contribution >= 4 is 31.1 Å². The second-order valence-electron chi connectivity index (χ2n) is 8.07. The Balaban J connectivity index is 5.94. The minimum absolute atomic E-state index is 0.341. The Kier molecular flexibility index (Phi) is 14.3. The smallest absolute Gasteiger partial charge is 0.305 e. The Morgan fingerprint density at radius 3 is 1.21 bits per heavy atom. The van der Waals surface area contributed by atoms with E-state index in [1.165, 1.54) is 0 Å². The van der Waals surface area contributed by atoms with E-state index in [0.29, 0.717) is 6.42 Å². The fraction of sp³-hybridized carbons (Fsp3) is 1.00. The Hall–Kier alpha value is 0.780. The summed E-state index contributed by atoms with van der Waals surface area (Å²) in [6.45, 7) is 14.3. The minimum atomic E-state index is -3.75. The molecular formula is C19H41BrO6P2. The summed E-state index contributed by atoms with van der Waals surface area (Å²) in [7, 11) is -7.51. The molecule has 0 aliphatic carbocycles. The molecule has 0 aliphatic heterocycles. The minimum Gasteiger partial charge on any atom is -0.305 e. The third kappa shape index (κ3) is 11.2. The first-order valence-electron chi connectivity index (χ1n) is 10.3. The summed E-state index contributed by atoms with van der Waals surface area (Å²) in [6.07, 6.45) is 2.83. The molecule has 0 amide bonds. The zero-order valence-corrected chi connectivity index (χ0v) is 22.2. The molecule has 170 valence electrons. The van der Waals surface area contributed by atoms with E-state index in [1.807, 2.05) is 0 Å². The van der Waals surface area contributed by atoms with Crippen molar-refractivity contribution in [2.24, 2.45) is 0 Å². The second kappa shape index (κ2) is 14.0. The summed E-state index contributed by atoms with van der Waals surface area (Å²) in [4.78, 5) is 0. The zero-order chi connectivity index (χ0) is 22.0. The first kappa shape index (κ1) is 28.8. The number of alkyl halides is 1. The van der Waals surface area contributed by atoms with Crippen LogP contribution in [0.15, 0.2) is 0 Å². The highest BCUT2D eigenvalue weighted by Gasteiger charge is 2.52. The maximum Gasteiger partial charge on any atom is 0.346 e. The molecule has 0 saturated heterocycles. The van der Waals surface area contributed by atoms with Gasteiger partial charge in [-0.25, -0.2) is 0 Å². The van der Waals surface area contributed by atoms with Crippen molar-refractivity contribution < 1.29 is 27.2 Å². The molecule has 0 unspecified atom stereocenters. The highest BCUT2D eigenvalue weighted by Crippen LogP contribution is 2.73. The van der Waals surface area contributed by atoms with Gasteiger partial charge in [0.2, 0.25) is 0 Å². The van der Waals surface area contributed by atoms with Crippen LogP contribution in [0.3, 0.4) is 0 Å². The van der Waals surface area contributed by atoms with E-state index in [-0.39, 0.29) is 24.4 Å². The van der Waals surface area contributed by atoms with E-state index in [1.54, 1.807) is 55.4 Å². The highest BCUT2D eigenvalue weighted by atomic mass is 79.9. The lowest BCUT2D eigenvalue weighted by Crippen LogP contribution is -2.23. The summed E-state index contributed by atoms with van der Waals surface area (Å²) < 4.78 is 50.9. The fourth-order valence-corrected chi connectivity index (χ4v) is 9.22. The molecule has 0 fully saturated rings. The molecule has 9 heteroatoms. The predicted octanol–water partition coefficient (Wildman–Crippen LogP) is 7.74. The third-order valence-corrected chi connectivity index (χ3v) is 10.6. The average molecular weight is 507 g/mol. The van der Waals surface area contributed by atoms with Gasteiger partial charge >= 0.3 is 15.2 Å². The van der Waals surface area contributed by atoms with Gasteiger partial charge in [0.05, 0.1) is 24.4 Å². The molecule has 0 aromatic rings. The van der Waals surface area contributed by atoms with Crippen LogP contribution in [0.4, 0.5) is 0 Å². The zero-order valence-electron chi connectivity index (χ0n) is 18.9. The fourth-order valence-electron chi connectivity index (χ4n) is 2.77. The molecule has 0 aromatic heterocycles. The molecule has 0 aliphatic rings. The summed E-state index contributed by atoms with van der Waals surface area (Å²) in [5, 5.41) is 0.00588. The van der Waals surface area contributed by atoms with Crippen molar-refractivity contribution in [1.29, 1.82) is 0 Å². The van der Waals surface area contributed by atoms with E-state index in [9.17, 15) is 9.13 Å². The van der Waals surface area contributed by atoms with Crippen molar-refractivity contribution in [2.75, 3.05) is 5.33 Å². The van der Waals surface area contributed by atoms with Crippen molar-refractivity contribution in [3.05, 3.63) is 0 Å². The molecule has 0 radical (unpaired) electrons. The van der Waals surface area contributed by atoms with Crippen LogP contribution in [0.5, 0.6) is 0 Å². The highest BCUT2D eigenvalue weighted by molar-refractivity contribution is 9.09. The van der Waals surface area contributed by atoms with Gasteiger partial charge in [0, 0.05) is 5.33 Å². The normalized spacial score (nSPS) is 13.6. The standard InChI is InChI=1S/C19H41BrO6P2/c1-15(2)23-27(21,24-16(3)4)19(13-11-9-10-12-14-20)28(22,25-17(5)6)26-18(7)8/h15-19H,9-14H2,1-8H3. The van der Waals surface area contributed by atoms with Gasteiger partial charge < -0.3 is 18.1 Å². The van der Waals surface area contributed by atoms with Crippen LogP contribution in [-0.4, -0.2) is 35.1 Å². The van der Waals surface area contributed by atoms with Crippen LogP contribution in [0, 0.1) is 0 Å². The molecule has 6 nitrogen and oxygen atoms in total. The quantitative estimate of drug-likeness (QED) is 0.121. The lowest BCUT2D eigenvalue weighted by atomic mass is 10.2. The lowest BCUT2D eigenvalue weighted by molar-refractivity contribution is 0.121. The number of halogens is 1. The topological polar surface area (TPSA) is 71.1 Å².